The van der Waals surface area contributed by atoms with Crippen LogP contribution in [0.4, 0.5) is 0 Å². The summed E-state index contributed by atoms with van der Waals surface area (Å²) in [5, 5.41) is 0.750. The normalized spacial score (nSPS) is 27.5. The number of rotatable bonds is 2. The first-order valence-corrected chi connectivity index (χ1v) is 5.46. The third kappa shape index (κ3) is 1.52. The molecule has 3 heteroatoms. The highest BCUT2D eigenvalue weighted by Gasteiger charge is 2.57. The van der Waals surface area contributed by atoms with Crippen LogP contribution in [0.3, 0.4) is 0 Å². The number of nitrogens with two attached hydrogens (primary N) is 1. The Kier molecular flexibility index (Phi) is 2.44. The quantitative estimate of drug-likeness (QED) is 0.840. The number of methoxy groups -OCH3 is 1. The molecule has 1 fully saturated rings. The van der Waals surface area contributed by atoms with Crippen molar-refractivity contribution >= 4 is 11.6 Å². The Morgan fingerprint density at radius 1 is 1.40 bits per heavy atom. The van der Waals surface area contributed by atoms with Gasteiger partial charge >= 0.3 is 0 Å². The third-order valence-corrected chi connectivity index (χ3v) is 3.78. The van der Waals surface area contributed by atoms with E-state index in [1.807, 2.05) is 18.2 Å². The number of hydrogen-bond donors (Lipinski definition) is 1. The van der Waals surface area contributed by atoms with Crippen LogP contribution in [0.15, 0.2) is 18.2 Å². The van der Waals surface area contributed by atoms with Crippen molar-refractivity contribution in [3.05, 3.63) is 28.8 Å². The van der Waals surface area contributed by atoms with Gasteiger partial charge in [-0.3, -0.25) is 0 Å². The van der Waals surface area contributed by atoms with Crippen LogP contribution in [0.25, 0.3) is 0 Å². The van der Waals surface area contributed by atoms with Crippen LogP contribution in [0.2, 0.25) is 5.02 Å². The van der Waals surface area contributed by atoms with Crippen LogP contribution >= 0.6 is 11.6 Å². The molecule has 0 heterocycles. The summed E-state index contributed by atoms with van der Waals surface area (Å²) in [6.07, 6.45) is 0. The lowest BCUT2D eigenvalue weighted by Gasteiger charge is -2.11. The molecule has 1 aromatic carbocycles. The van der Waals surface area contributed by atoms with Gasteiger partial charge in [0.15, 0.2) is 0 Å². The molecule has 2 nitrogen and oxygen atoms in total. The van der Waals surface area contributed by atoms with Crippen molar-refractivity contribution in [1.29, 1.82) is 0 Å². The summed E-state index contributed by atoms with van der Waals surface area (Å²) >= 11 is 6.20. The molecule has 0 saturated heterocycles. The van der Waals surface area contributed by atoms with Gasteiger partial charge in [0, 0.05) is 22.5 Å². The van der Waals surface area contributed by atoms with Crippen LogP contribution in [0.5, 0.6) is 5.75 Å². The van der Waals surface area contributed by atoms with Crippen molar-refractivity contribution in [2.24, 2.45) is 11.1 Å². The summed E-state index contributed by atoms with van der Waals surface area (Å²) in [5.74, 6) is 1.15. The van der Waals surface area contributed by atoms with Crippen molar-refractivity contribution < 1.29 is 4.74 Å². The molecule has 1 saturated carbocycles. The van der Waals surface area contributed by atoms with Crippen molar-refractivity contribution in [2.45, 2.75) is 25.8 Å². The average Bonchev–Trinajstić information content (AvgIpc) is 2.66. The summed E-state index contributed by atoms with van der Waals surface area (Å²) in [4.78, 5) is 0. The predicted molar refractivity (Wildman–Crippen MR) is 62.5 cm³/mol. The van der Waals surface area contributed by atoms with Gasteiger partial charge in [-0.1, -0.05) is 31.5 Å². The Bertz CT molecular complexity index is 389. The van der Waals surface area contributed by atoms with Crippen molar-refractivity contribution in [2.75, 3.05) is 7.11 Å². The summed E-state index contributed by atoms with van der Waals surface area (Å²) < 4.78 is 5.33. The van der Waals surface area contributed by atoms with Crippen LogP contribution in [0.1, 0.15) is 25.3 Å². The van der Waals surface area contributed by atoms with E-state index in [1.165, 1.54) is 0 Å². The van der Waals surface area contributed by atoms with E-state index in [-0.39, 0.29) is 11.5 Å². The lowest BCUT2D eigenvalue weighted by molar-refractivity contribution is 0.407. The van der Waals surface area contributed by atoms with Crippen molar-refractivity contribution in [3.8, 4) is 5.75 Å². The molecule has 2 atom stereocenters. The minimum atomic E-state index is 0.123. The smallest absolute Gasteiger partial charge is 0.123 e. The zero-order valence-electron chi connectivity index (χ0n) is 9.25. The van der Waals surface area contributed by atoms with Crippen LogP contribution in [-0.2, 0) is 0 Å². The highest BCUT2D eigenvalue weighted by molar-refractivity contribution is 6.31. The lowest BCUT2D eigenvalue weighted by atomic mass is 10.0. The number of ether oxygens (including phenoxy) is 1. The Morgan fingerprint density at radius 3 is 2.47 bits per heavy atom. The van der Waals surface area contributed by atoms with E-state index in [9.17, 15) is 0 Å². The molecule has 2 N–H and O–H groups in total. The first-order valence-electron chi connectivity index (χ1n) is 5.08. The Balaban J connectivity index is 2.45. The molecular formula is C12H16ClNO. The first kappa shape index (κ1) is 10.8. The molecule has 2 rings (SSSR count). The number of benzene rings is 1. The maximum absolute atomic E-state index is 6.20. The molecule has 0 spiro atoms. The summed E-state index contributed by atoms with van der Waals surface area (Å²) in [6.45, 7) is 4.32. The third-order valence-electron chi connectivity index (χ3n) is 3.45. The summed E-state index contributed by atoms with van der Waals surface area (Å²) in [6, 6.07) is 5.89. The van der Waals surface area contributed by atoms with E-state index >= 15 is 0 Å². The molecular weight excluding hydrogens is 210 g/mol. The SMILES string of the molecule is COc1cccc(Cl)c1C1C(N)C1(C)C. The minimum absolute atomic E-state index is 0.123. The molecule has 0 amide bonds. The molecule has 0 radical (unpaired) electrons. The zero-order valence-corrected chi connectivity index (χ0v) is 10.0. The molecule has 82 valence electrons. The van der Waals surface area contributed by atoms with E-state index in [4.69, 9.17) is 22.1 Å². The Labute approximate surface area is 95.4 Å². The molecule has 1 aliphatic rings. The first-order chi connectivity index (χ1) is 7.00. The lowest BCUT2D eigenvalue weighted by Crippen LogP contribution is -2.06. The van der Waals surface area contributed by atoms with E-state index in [0.717, 1.165) is 16.3 Å². The van der Waals surface area contributed by atoms with Crippen LogP contribution in [-0.4, -0.2) is 13.2 Å². The summed E-state index contributed by atoms with van der Waals surface area (Å²) in [7, 11) is 1.66. The second-order valence-electron chi connectivity index (χ2n) is 4.68. The van der Waals surface area contributed by atoms with Crippen molar-refractivity contribution in [1.82, 2.24) is 0 Å². The number of halogens is 1. The van der Waals surface area contributed by atoms with Crippen molar-refractivity contribution in [3.63, 3.8) is 0 Å². The molecule has 0 bridgehead atoms. The van der Waals surface area contributed by atoms with Crippen LogP contribution < -0.4 is 10.5 Å². The molecule has 1 aromatic rings. The maximum atomic E-state index is 6.20. The highest BCUT2D eigenvalue weighted by Crippen LogP contribution is 2.60. The standard InChI is InChI=1S/C12H16ClNO/c1-12(2)10(11(12)14)9-7(13)5-4-6-8(9)15-3/h4-6,10-11H,14H2,1-3H3. The largest absolute Gasteiger partial charge is 0.496 e. The van der Waals surface area contributed by atoms with Gasteiger partial charge in [0.1, 0.15) is 5.75 Å². The van der Waals surface area contributed by atoms with E-state index in [2.05, 4.69) is 13.8 Å². The predicted octanol–water partition coefficient (Wildman–Crippen LogP) is 2.80. The Morgan fingerprint density at radius 2 is 2.00 bits per heavy atom. The van der Waals surface area contributed by atoms with Gasteiger partial charge < -0.3 is 10.5 Å². The van der Waals surface area contributed by atoms with Gasteiger partial charge in [-0.15, -0.1) is 0 Å². The van der Waals surface area contributed by atoms with Gasteiger partial charge in [-0.25, -0.2) is 0 Å². The van der Waals surface area contributed by atoms with Gasteiger partial charge in [-0.05, 0) is 17.5 Å². The molecule has 2 unspecified atom stereocenters. The topological polar surface area (TPSA) is 35.2 Å². The molecule has 1 aliphatic carbocycles. The molecule has 15 heavy (non-hydrogen) atoms. The maximum Gasteiger partial charge on any atom is 0.123 e. The van der Waals surface area contributed by atoms with Gasteiger partial charge in [0.2, 0.25) is 0 Å². The molecule has 0 aromatic heterocycles. The summed E-state index contributed by atoms with van der Waals surface area (Å²) in [5.41, 5.74) is 7.23. The average molecular weight is 226 g/mol. The molecule has 0 aliphatic heterocycles. The number of hydrogen-bond acceptors (Lipinski definition) is 2. The Hall–Kier alpha value is -0.730. The second kappa shape index (κ2) is 3.39. The fourth-order valence-corrected chi connectivity index (χ4v) is 2.51. The highest BCUT2D eigenvalue weighted by atomic mass is 35.5. The monoisotopic (exact) mass is 225 g/mol. The van der Waals surface area contributed by atoms with Crippen LogP contribution in [0, 0.1) is 5.41 Å². The second-order valence-corrected chi connectivity index (χ2v) is 5.09. The minimum Gasteiger partial charge on any atom is -0.496 e. The fraction of sp³-hybridized carbons (Fsp3) is 0.500. The van der Waals surface area contributed by atoms with Gasteiger partial charge in [-0.2, -0.15) is 0 Å². The fourth-order valence-electron chi connectivity index (χ4n) is 2.23. The van der Waals surface area contributed by atoms with E-state index < -0.39 is 0 Å². The van der Waals surface area contributed by atoms with E-state index in [0.29, 0.717) is 5.92 Å². The van der Waals surface area contributed by atoms with E-state index in [1.54, 1.807) is 7.11 Å². The van der Waals surface area contributed by atoms with Gasteiger partial charge in [0.25, 0.3) is 0 Å². The van der Waals surface area contributed by atoms with Gasteiger partial charge in [0.05, 0.1) is 7.11 Å². The zero-order chi connectivity index (χ0) is 11.2.